The normalized spacial score (nSPS) is 12.6. The molecule has 2 atom stereocenters. The van der Waals surface area contributed by atoms with Gasteiger partial charge in [-0.05, 0) is 12.8 Å². The van der Waals surface area contributed by atoms with E-state index in [-0.39, 0.29) is 12.5 Å². The van der Waals surface area contributed by atoms with Crippen LogP contribution in [0.2, 0.25) is 0 Å². The van der Waals surface area contributed by atoms with Crippen molar-refractivity contribution in [2.24, 2.45) is 0 Å². The van der Waals surface area contributed by atoms with Gasteiger partial charge in [0.15, 0.2) is 0 Å². The van der Waals surface area contributed by atoms with E-state index in [2.05, 4.69) is 19.2 Å². The van der Waals surface area contributed by atoms with Gasteiger partial charge in [-0.3, -0.25) is 4.79 Å². The Morgan fingerprint density at radius 1 is 0.303 bits per heavy atom. The first-order chi connectivity index (χ1) is 32.7. The van der Waals surface area contributed by atoms with Gasteiger partial charge in [-0.25, -0.2) is 0 Å². The van der Waals surface area contributed by atoms with E-state index in [1.54, 1.807) is 0 Å². The number of rotatable bonds is 59. The molecule has 0 heterocycles. The van der Waals surface area contributed by atoms with Crippen molar-refractivity contribution >= 4 is 5.91 Å². The van der Waals surface area contributed by atoms with Crippen LogP contribution in [-0.2, 0) is 4.79 Å². The quantitative estimate of drug-likeness (QED) is 0.0532. The summed E-state index contributed by atoms with van der Waals surface area (Å²) in [6.07, 6.45) is 75.6. The zero-order chi connectivity index (χ0) is 47.7. The van der Waals surface area contributed by atoms with Crippen LogP contribution in [0.25, 0.3) is 0 Å². The maximum absolute atomic E-state index is 12.5. The molecule has 0 radical (unpaired) electrons. The fourth-order valence-electron chi connectivity index (χ4n) is 10.4. The summed E-state index contributed by atoms with van der Waals surface area (Å²) in [7, 11) is 0. The first-order valence-electron chi connectivity index (χ1n) is 31.2. The van der Waals surface area contributed by atoms with Gasteiger partial charge in [-0.2, -0.15) is 0 Å². The largest absolute Gasteiger partial charge is 0.394 e. The fourth-order valence-corrected chi connectivity index (χ4v) is 10.4. The molecule has 0 spiro atoms. The van der Waals surface area contributed by atoms with E-state index in [0.717, 1.165) is 25.7 Å². The summed E-state index contributed by atoms with van der Waals surface area (Å²) >= 11 is 0. The molecule has 2 unspecified atom stereocenters. The number of aliphatic hydroxyl groups is 2. The minimum Gasteiger partial charge on any atom is -0.394 e. The van der Waals surface area contributed by atoms with Crippen LogP contribution in [0.5, 0.6) is 0 Å². The highest BCUT2D eigenvalue weighted by atomic mass is 16.3. The lowest BCUT2D eigenvalue weighted by molar-refractivity contribution is -0.123. The predicted molar refractivity (Wildman–Crippen MR) is 295 cm³/mol. The molecule has 396 valence electrons. The molecule has 0 fully saturated rings. The van der Waals surface area contributed by atoms with Gasteiger partial charge in [0.1, 0.15) is 0 Å². The molecule has 0 aliphatic carbocycles. The summed E-state index contributed by atoms with van der Waals surface area (Å²) in [6.45, 7) is 4.41. The van der Waals surface area contributed by atoms with Crippen molar-refractivity contribution in [1.82, 2.24) is 5.32 Å². The lowest BCUT2D eigenvalue weighted by Crippen LogP contribution is -2.45. The lowest BCUT2D eigenvalue weighted by Gasteiger charge is -2.22. The van der Waals surface area contributed by atoms with Gasteiger partial charge in [0.25, 0.3) is 0 Å². The standard InChI is InChI=1S/C62H125NO3/c1-3-5-7-9-11-13-15-17-19-21-23-24-25-26-27-28-29-30-31-32-33-34-35-36-37-38-40-42-44-46-48-50-52-54-56-58-62(66)63-60(59-64)61(65)57-55-53-51-49-47-45-43-41-39-22-20-18-16-14-12-10-8-6-4-2/h60-61,64-65H,3-59H2,1-2H3,(H,63,66). The molecule has 0 bridgehead atoms. The lowest BCUT2D eigenvalue weighted by atomic mass is 10.0. The summed E-state index contributed by atoms with van der Waals surface area (Å²) in [4.78, 5) is 12.5. The summed E-state index contributed by atoms with van der Waals surface area (Å²) in [5, 5.41) is 23.4. The fraction of sp³-hybridized carbons (Fsp3) is 0.984. The van der Waals surface area contributed by atoms with Crippen molar-refractivity contribution in [1.29, 1.82) is 0 Å². The number of aliphatic hydroxyl groups excluding tert-OH is 2. The Hall–Kier alpha value is -0.610. The van der Waals surface area contributed by atoms with E-state index in [1.165, 1.54) is 321 Å². The Balaban J connectivity index is 3.35. The zero-order valence-corrected chi connectivity index (χ0v) is 45.8. The second kappa shape index (κ2) is 58.7. The molecule has 4 heteroatoms. The van der Waals surface area contributed by atoms with E-state index >= 15 is 0 Å². The molecule has 0 aliphatic heterocycles. The third-order valence-electron chi connectivity index (χ3n) is 15.1. The molecule has 0 saturated heterocycles. The summed E-state index contributed by atoms with van der Waals surface area (Å²) in [5.41, 5.74) is 0. The van der Waals surface area contributed by atoms with Crippen LogP contribution in [0.15, 0.2) is 0 Å². The molecule has 4 nitrogen and oxygen atoms in total. The second-order valence-electron chi connectivity index (χ2n) is 21.8. The highest BCUT2D eigenvalue weighted by Gasteiger charge is 2.20. The van der Waals surface area contributed by atoms with Crippen molar-refractivity contribution in [3.05, 3.63) is 0 Å². The zero-order valence-electron chi connectivity index (χ0n) is 45.8. The van der Waals surface area contributed by atoms with Crippen LogP contribution in [0.4, 0.5) is 0 Å². The topological polar surface area (TPSA) is 69.6 Å². The number of carbonyl (C=O) groups excluding carboxylic acids is 1. The summed E-state index contributed by atoms with van der Waals surface area (Å²) < 4.78 is 0. The monoisotopic (exact) mass is 932 g/mol. The third-order valence-corrected chi connectivity index (χ3v) is 15.1. The second-order valence-corrected chi connectivity index (χ2v) is 21.8. The summed E-state index contributed by atoms with van der Waals surface area (Å²) in [5.74, 6) is -0.0210. The number of hydrogen-bond acceptors (Lipinski definition) is 3. The first kappa shape index (κ1) is 65.4. The van der Waals surface area contributed by atoms with E-state index in [4.69, 9.17) is 0 Å². The van der Waals surface area contributed by atoms with Crippen molar-refractivity contribution in [3.63, 3.8) is 0 Å². The minimum absolute atomic E-state index is 0.0210. The van der Waals surface area contributed by atoms with Gasteiger partial charge in [0.05, 0.1) is 18.8 Å². The predicted octanol–water partition coefficient (Wildman–Crippen LogP) is 20.7. The highest BCUT2D eigenvalue weighted by molar-refractivity contribution is 5.76. The number of hydrogen-bond donors (Lipinski definition) is 3. The highest BCUT2D eigenvalue weighted by Crippen LogP contribution is 2.19. The molecule has 0 rings (SSSR count). The average Bonchev–Trinajstić information content (AvgIpc) is 3.32. The van der Waals surface area contributed by atoms with E-state index < -0.39 is 12.1 Å². The van der Waals surface area contributed by atoms with Crippen LogP contribution in [-0.4, -0.2) is 34.9 Å². The van der Waals surface area contributed by atoms with Crippen molar-refractivity contribution in [2.45, 2.75) is 386 Å². The van der Waals surface area contributed by atoms with Crippen molar-refractivity contribution < 1.29 is 15.0 Å². The molecule has 0 aliphatic rings. The molecule has 0 saturated carbocycles. The Labute approximate surface area is 416 Å². The number of nitrogens with one attached hydrogen (secondary N) is 1. The number of unbranched alkanes of at least 4 members (excludes halogenated alkanes) is 52. The van der Waals surface area contributed by atoms with Crippen LogP contribution < -0.4 is 5.32 Å². The Morgan fingerprint density at radius 3 is 0.682 bits per heavy atom. The van der Waals surface area contributed by atoms with Crippen LogP contribution >= 0.6 is 0 Å². The Morgan fingerprint density at radius 2 is 0.485 bits per heavy atom. The Bertz CT molecular complexity index is 879. The van der Waals surface area contributed by atoms with E-state index in [0.29, 0.717) is 12.8 Å². The Kier molecular flexibility index (Phi) is 58.2. The molecular weight excluding hydrogens is 807 g/mol. The molecule has 1 amide bonds. The number of carbonyl (C=O) groups is 1. The molecular formula is C62H125NO3. The van der Waals surface area contributed by atoms with Gasteiger partial charge < -0.3 is 15.5 Å². The number of amides is 1. The van der Waals surface area contributed by atoms with Crippen LogP contribution in [0, 0.1) is 0 Å². The molecule has 0 aromatic carbocycles. The van der Waals surface area contributed by atoms with Gasteiger partial charge in [-0.15, -0.1) is 0 Å². The average molecular weight is 933 g/mol. The first-order valence-corrected chi connectivity index (χ1v) is 31.2. The SMILES string of the molecule is CCCCCCCCCCCCCCCCCCCCCCCCCCCCCCCCCCCCCC(=O)NC(CO)C(O)CCCCCCCCCCCCCCCCCCCCC. The van der Waals surface area contributed by atoms with Gasteiger partial charge in [-0.1, -0.05) is 354 Å². The summed E-state index contributed by atoms with van der Waals surface area (Å²) in [6, 6.07) is -0.531. The minimum atomic E-state index is -0.655. The van der Waals surface area contributed by atoms with Gasteiger partial charge >= 0.3 is 0 Å². The molecule has 0 aromatic heterocycles. The third kappa shape index (κ3) is 54.3. The van der Waals surface area contributed by atoms with Crippen LogP contribution in [0.3, 0.4) is 0 Å². The van der Waals surface area contributed by atoms with Crippen molar-refractivity contribution in [2.75, 3.05) is 6.61 Å². The van der Waals surface area contributed by atoms with E-state index in [1.807, 2.05) is 0 Å². The van der Waals surface area contributed by atoms with Gasteiger partial charge in [0, 0.05) is 6.42 Å². The van der Waals surface area contributed by atoms with Gasteiger partial charge in [0.2, 0.25) is 5.91 Å². The van der Waals surface area contributed by atoms with E-state index in [9.17, 15) is 15.0 Å². The van der Waals surface area contributed by atoms with Crippen LogP contribution in [0.1, 0.15) is 373 Å². The molecule has 66 heavy (non-hydrogen) atoms. The smallest absolute Gasteiger partial charge is 0.220 e. The maximum Gasteiger partial charge on any atom is 0.220 e. The molecule has 0 aromatic rings. The molecule has 3 N–H and O–H groups in total. The maximum atomic E-state index is 12.5. The van der Waals surface area contributed by atoms with Crippen molar-refractivity contribution in [3.8, 4) is 0 Å².